The molecule has 0 radical (unpaired) electrons. The van der Waals surface area contributed by atoms with E-state index >= 15 is 0 Å². The van der Waals surface area contributed by atoms with E-state index in [0.717, 1.165) is 32.1 Å². The number of benzene rings is 1. The summed E-state index contributed by atoms with van der Waals surface area (Å²) in [5.74, 6) is 1.37. The molecular formula is C22H26FN7O. The van der Waals surface area contributed by atoms with Crippen LogP contribution < -0.4 is 10.5 Å². The second-order valence-corrected chi connectivity index (χ2v) is 8.56. The molecule has 1 atom stereocenters. The van der Waals surface area contributed by atoms with E-state index in [-0.39, 0.29) is 5.95 Å². The molecule has 9 heteroatoms. The van der Waals surface area contributed by atoms with Crippen LogP contribution in [-0.2, 0) is 19.3 Å². The molecule has 0 bridgehead atoms. The van der Waals surface area contributed by atoms with E-state index in [1.54, 1.807) is 0 Å². The number of hydrogen-bond acceptors (Lipinski definition) is 6. The summed E-state index contributed by atoms with van der Waals surface area (Å²) < 4.78 is 22.9. The maximum Gasteiger partial charge on any atom is 0.223 e. The molecule has 3 aromatic heterocycles. The van der Waals surface area contributed by atoms with Crippen molar-refractivity contribution in [3.8, 4) is 5.75 Å². The fraction of sp³-hybridized carbons (Fsp3) is 0.455. The molecule has 0 saturated carbocycles. The molecule has 8 nitrogen and oxygen atoms in total. The van der Waals surface area contributed by atoms with Crippen LogP contribution in [0.25, 0.3) is 16.6 Å². The predicted molar refractivity (Wildman–Crippen MR) is 116 cm³/mol. The summed E-state index contributed by atoms with van der Waals surface area (Å²) in [7, 11) is 1.48. The molecule has 3 heterocycles. The smallest absolute Gasteiger partial charge is 0.223 e. The summed E-state index contributed by atoms with van der Waals surface area (Å²) in [5, 5.41) is 9.80. The number of ether oxygens (including phenoxy) is 1. The Morgan fingerprint density at radius 1 is 1.26 bits per heavy atom. The Morgan fingerprint density at radius 2 is 2.10 bits per heavy atom. The highest BCUT2D eigenvalue weighted by Crippen LogP contribution is 2.31. The van der Waals surface area contributed by atoms with E-state index in [4.69, 9.17) is 15.6 Å². The van der Waals surface area contributed by atoms with Gasteiger partial charge in [0.2, 0.25) is 5.95 Å². The van der Waals surface area contributed by atoms with Gasteiger partial charge >= 0.3 is 0 Å². The lowest BCUT2D eigenvalue weighted by Crippen LogP contribution is -2.14. The Morgan fingerprint density at radius 3 is 2.87 bits per heavy atom. The zero-order valence-electron chi connectivity index (χ0n) is 18.0. The molecule has 1 aromatic carbocycles. The summed E-state index contributed by atoms with van der Waals surface area (Å²) in [6, 6.07) is 3.07. The van der Waals surface area contributed by atoms with E-state index in [9.17, 15) is 4.39 Å². The lowest BCUT2D eigenvalue weighted by molar-refractivity contribution is 0.415. The standard InChI is InChI=1S/C22H26FN7O/c1-12(2)29-11-14-8-13(4-6-17(14)27-29)5-7-19-25-21-16-9-15(23)10-18(31-3)20(16)26-22(24)30(21)28-19/h9-13H,4-8H2,1-3H3,(H2,24,26)/t13-/m1/s1. The van der Waals surface area contributed by atoms with Gasteiger partial charge in [-0.1, -0.05) is 0 Å². The maximum atomic E-state index is 14.1. The number of methoxy groups -OCH3 is 1. The van der Waals surface area contributed by atoms with Crippen LogP contribution in [0, 0.1) is 11.7 Å². The number of nitrogens with zero attached hydrogens (tertiary/aromatic N) is 6. The molecular weight excluding hydrogens is 397 g/mol. The number of rotatable bonds is 5. The van der Waals surface area contributed by atoms with Crippen LogP contribution in [0.2, 0.25) is 0 Å². The van der Waals surface area contributed by atoms with Crippen molar-refractivity contribution in [1.82, 2.24) is 29.4 Å². The second-order valence-electron chi connectivity index (χ2n) is 8.56. The third-order valence-electron chi connectivity index (χ3n) is 6.09. The van der Waals surface area contributed by atoms with Crippen LogP contribution in [-0.4, -0.2) is 36.5 Å². The molecule has 31 heavy (non-hydrogen) atoms. The predicted octanol–water partition coefficient (Wildman–Crippen LogP) is 3.52. The van der Waals surface area contributed by atoms with Crippen molar-refractivity contribution >= 4 is 22.5 Å². The minimum atomic E-state index is -0.415. The van der Waals surface area contributed by atoms with Gasteiger partial charge in [0.05, 0.1) is 18.2 Å². The highest BCUT2D eigenvalue weighted by Gasteiger charge is 2.23. The molecule has 0 spiro atoms. The Hall–Kier alpha value is -3.23. The largest absolute Gasteiger partial charge is 0.494 e. The third kappa shape index (κ3) is 3.47. The molecule has 0 saturated heterocycles. The quantitative estimate of drug-likeness (QED) is 0.528. The summed E-state index contributed by atoms with van der Waals surface area (Å²) >= 11 is 0. The second kappa shape index (κ2) is 7.47. The van der Waals surface area contributed by atoms with Gasteiger partial charge in [0.25, 0.3) is 0 Å². The average Bonchev–Trinajstić information content (AvgIpc) is 3.37. The van der Waals surface area contributed by atoms with Gasteiger partial charge in [0.1, 0.15) is 17.1 Å². The normalized spacial score (nSPS) is 16.4. The van der Waals surface area contributed by atoms with Crippen molar-refractivity contribution in [3.63, 3.8) is 0 Å². The highest BCUT2D eigenvalue weighted by atomic mass is 19.1. The number of aromatic nitrogens is 6. The van der Waals surface area contributed by atoms with Crippen LogP contribution in [0.1, 0.15) is 49.8 Å². The first-order valence-corrected chi connectivity index (χ1v) is 10.7. The zero-order chi connectivity index (χ0) is 21.7. The van der Waals surface area contributed by atoms with Crippen molar-refractivity contribution in [2.75, 3.05) is 12.8 Å². The number of anilines is 1. The topological polar surface area (TPSA) is 96.1 Å². The average molecular weight is 423 g/mol. The molecule has 1 aliphatic rings. The van der Waals surface area contributed by atoms with Crippen molar-refractivity contribution in [1.29, 1.82) is 0 Å². The summed E-state index contributed by atoms with van der Waals surface area (Å²) in [6.45, 7) is 4.30. The number of nitrogens with two attached hydrogens (primary N) is 1. The number of nitrogen functional groups attached to an aromatic ring is 1. The van der Waals surface area contributed by atoms with Crippen molar-refractivity contribution in [2.45, 2.75) is 52.0 Å². The van der Waals surface area contributed by atoms with Crippen molar-refractivity contribution < 1.29 is 9.13 Å². The Bertz CT molecular complexity index is 1280. The van der Waals surface area contributed by atoms with E-state index in [1.807, 2.05) is 0 Å². The van der Waals surface area contributed by atoms with Crippen molar-refractivity contribution in [3.05, 3.63) is 41.2 Å². The summed E-state index contributed by atoms with van der Waals surface area (Å²) in [4.78, 5) is 9.03. The highest BCUT2D eigenvalue weighted by molar-refractivity contribution is 5.95. The van der Waals surface area contributed by atoms with Gasteiger partial charge in [-0.05, 0) is 57.1 Å². The minimum absolute atomic E-state index is 0.203. The Balaban J connectivity index is 1.39. The third-order valence-corrected chi connectivity index (χ3v) is 6.09. The molecule has 0 unspecified atom stereocenters. The first-order chi connectivity index (χ1) is 14.9. The van der Waals surface area contributed by atoms with Crippen LogP contribution in [0.5, 0.6) is 5.75 Å². The van der Waals surface area contributed by atoms with E-state index < -0.39 is 5.82 Å². The van der Waals surface area contributed by atoms with Gasteiger partial charge in [0, 0.05) is 24.7 Å². The van der Waals surface area contributed by atoms with Crippen LogP contribution in [0.15, 0.2) is 18.3 Å². The first-order valence-electron chi connectivity index (χ1n) is 10.7. The van der Waals surface area contributed by atoms with E-state index in [0.29, 0.717) is 40.1 Å². The molecule has 4 aromatic rings. The van der Waals surface area contributed by atoms with E-state index in [2.05, 4.69) is 39.8 Å². The van der Waals surface area contributed by atoms with Gasteiger partial charge < -0.3 is 10.5 Å². The van der Waals surface area contributed by atoms with Crippen molar-refractivity contribution in [2.24, 2.45) is 5.92 Å². The number of aryl methyl sites for hydroxylation is 2. The fourth-order valence-electron chi connectivity index (χ4n) is 4.42. The first kappa shape index (κ1) is 19.7. The fourth-order valence-corrected chi connectivity index (χ4v) is 4.42. The molecule has 0 fully saturated rings. The van der Waals surface area contributed by atoms with Gasteiger partial charge in [-0.3, -0.25) is 4.68 Å². The van der Waals surface area contributed by atoms with E-state index in [1.165, 1.54) is 35.0 Å². The molecule has 162 valence electrons. The molecule has 5 rings (SSSR count). The maximum absolute atomic E-state index is 14.1. The van der Waals surface area contributed by atoms with Gasteiger partial charge in [-0.2, -0.15) is 9.61 Å². The number of halogens is 1. The molecule has 1 aliphatic carbocycles. The van der Waals surface area contributed by atoms with Gasteiger partial charge in [0.15, 0.2) is 11.5 Å². The molecule has 0 aliphatic heterocycles. The number of fused-ring (bicyclic) bond motifs is 4. The van der Waals surface area contributed by atoms with Crippen LogP contribution >= 0.6 is 0 Å². The molecule has 0 amide bonds. The number of hydrogen-bond donors (Lipinski definition) is 1. The zero-order valence-corrected chi connectivity index (χ0v) is 18.0. The summed E-state index contributed by atoms with van der Waals surface area (Å²) in [6.07, 6.45) is 7.06. The van der Waals surface area contributed by atoms with Gasteiger partial charge in [-0.15, -0.1) is 5.10 Å². The van der Waals surface area contributed by atoms with Crippen LogP contribution in [0.3, 0.4) is 0 Å². The SMILES string of the molecule is COc1cc(F)cc2c1nc(N)n1nc(CC[C@H]3CCc4nn(C(C)C)cc4C3)nc21. The lowest BCUT2D eigenvalue weighted by Gasteiger charge is -2.20. The lowest BCUT2D eigenvalue weighted by atomic mass is 9.85. The minimum Gasteiger partial charge on any atom is -0.494 e. The Kier molecular flexibility index (Phi) is 4.75. The molecule has 2 N–H and O–H groups in total. The summed E-state index contributed by atoms with van der Waals surface area (Å²) in [5.41, 5.74) is 9.68. The monoisotopic (exact) mass is 423 g/mol. The van der Waals surface area contributed by atoms with Gasteiger partial charge in [-0.25, -0.2) is 14.4 Å². The Labute approximate surface area is 179 Å². The van der Waals surface area contributed by atoms with Crippen LogP contribution in [0.4, 0.5) is 10.3 Å².